The number of benzene rings is 2. The van der Waals surface area contributed by atoms with Crippen LogP contribution in [0.1, 0.15) is 10.4 Å². The first kappa shape index (κ1) is 17.0. The molecule has 25 heavy (non-hydrogen) atoms. The minimum atomic E-state index is -3.33. The molecule has 0 fully saturated rings. The molecule has 0 atom stereocenters. The molecule has 1 N–H and O–H groups in total. The number of sulfone groups is 1. The lowest BCUT2D eigenvalue weighted by atomic mass is 10.2. The third-order valence-corrected chi connectivity index (χ3v) is 5.39. The lowest BCUT2D eigenvalue weighted by molar-refractivity contribution is -0.384. The number of nitro groups is 1. The molecule has 1 heterocycles. The van der Waals surface area contributed by atoms with Gasteiger partial charge in [-0.3, -0.25) is 20.2 Å². The Kier molecular flexibility index (Phi) is 4.23. The van der Waals surface area contributed by atoms with E-state index in [1.807, 2.05) is 0 Å². The molecule has 3 aromatic rings. The number of anilines is 1. The average molecular weight is 377 g/mol. The number of hydrogen-bond acceptors (Lipinski definition) is 7. The summed E-state index contributed by atoms with van der Waals surface area (Å²) in [5, 5.41) is 13.5. The molecule has 1 aromatic heterocycles. The van der Waals surface area contributed by atoms with Crippen molar-refractivity contribution in [2.75, 3.05) is 11.6 Å². The van der Waals surface area contributed by atoms with E-state index >= 15 is 0 Å². The van der Waals surface area contributed by atoms with Crippen LogP contribution in [0, 0.1) is 10.1 Å². The van der Waals surface area contributed by atoms with Crippen LogP contribution in [-0.4, -0.2) is 30.5 Å². The zero-order chi connectivity index (χ0) is 18.2. The number of carbonyl (C=O) groups excluding carboxylic acids is 1. The SMILES string of the molecule is CS(=O)(=O)c1ccc2nc(NC(=O)c3ccc([N+](=O)[O-])cc3)sc2c1. The van der Waals surface area contributed by atoms with Gasteiger partial charge in [0.05, 0.1) is 20.0 Å². The minimum absolute atomic E-state index is 0.107. The summed E-state index contributed by atoms with van der Waals surface area (Å²) < 4.78 is 23.8. The number of nitrogens with zero attached hydrogens (tertiary/aromatic N) is 2. The van der Waals surface area contributed by atoms with E-state index in [0.29, 0.717) is 15.3 Å². The molecule has 1 amide bonds. The monoisotopic (exact) mass is 377 g/mol. The van der Waals surface area contributed by atoms with E-state index in [4.69, 9.17) is 0 Å². The maximum atomic E-state index is 12.2. The quantitative estimate of drug-likeness (QED) is 0.551. The summed E-state index contributed by atoms with van der Waals surface area (Å²) in [6.07, 6.45) is 1.12. The molecule has 0 radical (unpaired) electrons. The Bertz CT molecular complexity index is 1090. The van der Waals surface area contributed by atoms with Crippen molar-refractivity contribution in [1.29, 1.82) is 0 Å². The number of aromatic nitrogens is 1. The fourth-order valence-electron chi connectivity index (χ4n) is 2.09. The van der Waals surface area contributed by atoms with Crippen molar-refractivity contribution in [1.82, 2.24) is 4.98 Å². The standard InChI is InChI=1S/C15H11N3O5S2/c1-25(22,23)11-6-7-12-13(8-11)24-15(16-12)17-14(19)9-2-4-10(5-3-9)18(20)21/h2-8H,1H3,(H,16,17,19). The van der Waals surface area contributed by atoms with Gasteiger partial charge in [0.25, 0.3) is 11.6 Å². The summed E-state index contributed by atoms with van der Waals surface area (Å²) in [6.45, 7) is 0. The van der Waals surface area contributed by atoms with Crippen LogP contribution in [-0.2, 0) is 9.84 Å². The van der Waals surface area contributed by atoms with Gasteiger partial charge >= 0.3 is 0 Å². The predicted octanol–water partition coefficient (Wildman–Crippen LogP) is 2.86. The van der Waals surface area contributed by atoms with E-state index in [9.17, 15) is 23.3 Å². The molecule has 128 valence electrons. The number of amides is 1. The van der Waals surface area contributed by atoms with E-state index in [2.05, 4.69) is 10.3 Å². The van der Waals surface area contributed by atoms with E-state index in [-0.39, 0.29) is 16.1 Å². The van der Waals surface area contributed by atoms with Crippen molar-refractivity contribution in [2.24, 2.45) is 0 Å². The van der Waals surface area contributed by atoms with Gasteiger partial charge in [0.1, 0.15) is 0 Å². The maximum absolute atomic E-state index is 12.2. The Morgan fingerprint density at radius 3 is 2.48 bits per heavy atom. The minimum Gasteiger partial charge on any atom is -0.298 e. The number of thiazole rings is 1. The number of hydrogen-bond donors (Lipinski definition) is 1. The molecule has 0 aliphatic carbocycles. The van der Waals surface area contributed by atoms with Crippen LogP contribution in [0.15, 0.2) is 47.4 Å². The molecule has 0 aliphatic rings. The van der Waals surface area contributed by atoms with Crippen molar-refractivity contribution in [3.63, 3.8) is 0 Å². The highest BCUT2D eigenvalue weighted by Gasteiger charge is 2.14. The number of non-ortho nitro benzene ring substituents is 1. The topological polar surface area (TPSA) is 119 Å². The van der Waals surface area contributed by atoms with Gasteiger partial charge in [0.15, 0.2) is 15.0 Å². The van der Waals surface area contributed by atoms with Crippen molar-refractivity contribution in [3.8, 4) is 0 Å². The summed E-state index contributed by atoms with van der Waals surface area (Å²) in [5.41, 5.74) is 0.711. The second kappa shape index (κ2) is 6.22. The van der Waals surface area contributed by atoms with Gasteiger partial charge in [-0.25, -0.2) is 13.4 Å². The van der Waals surface area contributed by atoms with Crippen LogP contribution in [0.4, 0.5) is 10.8 Å². The summed E-state index contributed by atoms with van der Waals surface area (Å²) in [5.74, 6) is -0.461. The molecule has 0 saturated heterocycles. The highest BCUT2D eigenvalue weighted by molar-refractivity contribution is 7.90. The molecule has 0 spiro atoms. The van der Waals surface area contributed by atoms with Crippen LogP contribution in [0.25, 0.3) is 10.2 Å². The number of rotatable bonds is 4. The summed E-state index contributed by atoms with van der Waals surface area (Å²) in [7, 11) is -3.33. The number of nitro benzene ring substituents is 1. The fourth-order valence-corrected chi connectivity index (χ4v) is 3.71. The van der Waals surface area contributed by atoms with E-state index in [1.165, 1.54) is 36.4 Å². The molecule has 0 aliphatic heterocycles. The molecule has 3 rings (SSSR count). The highest BCUT2D eigenvalue weighted by Crippen LogP contribution is 2.28. The predicted molar refractivity (Wildman–Crippen MR) is 93.8 cm³/mol. The maximum Gasteiger partial charge on any atom is 0.269 e. The number of nitrogens with one attached hydrogen (secondary N) is 1. The highest BCUT2D eigenvalue weighted by atomic mass is 32.2. The lowest BCUT2D eigenvalue weighted by Gasteiger charge is -2.00. The van der Waals surface area contributed by atoms with Gasteiger partial charge in [-0.1, -0.05) is 11.3 Å². The molecule has 0 unspecified atom stereocenters. The Morgan fingerprint density at radius 2 is 1.88 bits per heavy atom. The van der Waals surface area contributed by atoms with Crippen LogP contribution >= 0.6 is 11.3 Å². The Hall–Kier alpha value is -2.85. The molecular formula is C15H11N3O5S2. The zero-order valence-corrected chi connectivity index (χ0v) is 14.4. The Balaban J connectivity index is 1.84. The van der Waals surface area contributed by atoms with E-state index < -0.39 is 20.7 Å². The van der Waals surface area contributed by atoms with Crippen LogP contribution < -0.4 is 5.32 Å². The fraction of sp³-hybridized carbons (Fsp3) is 0.0667. The zero-order valence-electron chi connectivity index (χ0n) is 12.8. The molecule has 8 nitrogen and oxygen atoms in total. The van der Waals surface area contributed by atoms with Gasteiger partial charge in [-0.05, 0) is 30.3 Å². The van der Waals surface area contributed by atoms with Crippen LogP contribution in [0.3, 0.4) is 0 Å². The lowest BCUT2D eigenvalue weighted by Crippen LogP contribution is -2.11. The molecule has 0 bridgehead atoms. The van der Waals surface area contributed by atoms with Gasteiger partial charge in [-0.15, -0.1) is 0 Å². The molecule has 10 heteroatoms. The first-order valence-electron chi connectivity index (χ1n) is 6.90. The van der Waals surface area contributed by atoms with Gasteiger partial charge in [0.2, 0.25) is 0 Å². The molecule has 2 aromatic carbocycles. The van der Waals surface area contributed by atoms with Gasteiger partial charge in [0, 0.05) is 24.0 Å². The van der Waals surface area contributed by atoms with E-state index in [0.717, 1.165) is 17.6 Å². The second-order valence-electron chi connectivity index (χ2n) is 5.18. The largest absolute Gasteiger partial charge is 0.298 e. The van der Waals surface area contributed by atoms with Crippen LogP contribution in [0.5, 0.6) is 0 Å². The first-order valence-corrected chi connectivity index (χ1v) is 9.61. The Labute approximate surface area is 146 Å². The second-order valence-corrected chi connectivity index (χ2v) is 8.23. The van der Waals surface area contributed by atoms with E-state index in [1.54, 1.807) is 6.07 Å². The smallest absolute Gasteiger partial charge is 0.269 e. The van der Waals surface area contributed by atoms with Gasteiger partial charge in [-0.2, -0.15) is 0 Å². The number of fused-ring (bicyclic) bond motifs is 1. The van der Waals surface area contributed by atoms with Crippen LogP contribution in [0.2, 0.25) is 0 Å². The van der Waals surface area contributed by atoms with Crippen molar-refractivity contribution in [2.45, 2.75) is 4.90 Å². The average Bonchev–Trinajstić information content (AvgIpc) is 2.95. The summed E-state index contributed by atoms with van der Waals surface area (Å²) in [4.78, 5) is 26.7. The molecular weight excluding hydrogens is 366 g/mol. The first-order chi connectivity index (χ1) is 11.7. The van der Waals surface area contributed by atoms with Crippen molar-refractivity contribution >= 4 is 48.1 Å². The normalized spacial score (nSPS) is 11.4. The third-order valence-electron chi connectivity index (χ3n) is 3.35. The molecule has 0 saturated carbocycles. The summed E-state index contributed by atoms with van der Waals surface area (Å²) in [6, 6.07) is 9.72. The third kappa shape index (κ3) is 3.64. The van der Waals surface area contributed by atoms with Crippen molar-refractivity contribution in [3.05, 3.63) is 58.1 Å². The Morgan fingerprint density at radius 1 is 1.20 bits per heavy atom. The number of carbonyl (C=O) groups is 1. The van der Waals surface area contributed by atoms with Gasteiger partial charge < -0.3 is 0 Å². The summed E-state index contributed by atoms with van der Waals surface area (Å²) >= 11 is 1.14. The van der Waals surface area contributed by atoms with Crippen molar-refractivity contribution < 1.29 is 18.1 Å².